The quantitative estimate of drug-likeness (QED) is 0.351. The van der Waals surface area contributed by atoms with Gasteiger partial charge >= 0.3 is 5.97 Å². The lowest BCUT2D eigenvalue weighted by Crippen LogP contribution is -2.24. The molecule has 1 fully saturated rings. The summed E-state index contributed by atoms with van der Waals surface area (Å²) in [7, 11) is -1.50. The molecular formula is C23H29N5O2Si. The standard InChI is InChI=1S/C23H29N5O2Si/c1-23(2,3)30-22(29)20-15-28(26-25-20)14-19-13-27-12-18(16-7-8-16)11-17(21(27)24-19)9-10-31(4,5)6/h11-13,15-16H,7-8,14H2,1-6H3. The van der Waals surface area contributed by atoms with Crippen molar-refractivity contribution in [3.05, 3.63) is 47.2 Å². The van der Waals surface area contributed by atoms with Crippen LogP contribution in [0.2, 0.25) is 19.6 Å². The van der Waals surface area contributed by atoms with Crippen molar-refractivity contribution in [1.29, 1.82) is 0 Å². The SMILES string of the molecule is CC(C)(C)OC(=O)c1cn(Cc2cn3cc(C4CC4)cc(C#C[Si](C)(C)C)c3n2)nn1. The molecule has 0 amide bonds. The first-order valence-electron chi connectivity index (χ1n) is 10.6. The second kappa shape index (κ2) is 7.64. The number of esters is 1. The molecule has 0 N–H and O–H groups in total. The van der Waals surface area contributed by atoms with E-state index in [1.54, 1.807) is 10.9 Å². The number of aromatic nitrogens is 5. The Morgan fingerprint density at radius 2 is 1.97 bits per heavy atom. The molecule has 0 saturated heterocycles. The number of carbonyl (C=O) groups is 1. The van der Waals surface area contributed by atoms with Crippen molar-refractivity contribution in [2.45, 2.75) is 71.3 Å². The Morgan fingerprint density at radius 1 is 1.23 bits per heavy atom. The lowest BCUT2D eigenvalue weighted by molar-refractivity contribution is 0.00627. The molecule has 162 valence electrons. The van der Waals surface area contributed by atoms with Crippen LogP contribution in [-0.4, -0.2) is 44.0 Å². The van der Waals surface area contributed by atoms with E-state index in [0.717, 1.165) is 16.9 Å². The number of ether oxygens (including phenoxy) is 1. The van der Waals surface area contributed by atoms with Gasteiger partial charge in [0.1, 0.15) is 13.7 Å². The zero-order valence-corrected chi connectivity index (χ0v) is 20.1. The first kappa shape index (κ1) is 21.3. The molecular weight excluding hydrogens is 406 g/mol. The Hall–Kier alpha value is -2.92. The Kier molecular flexibility index (Phi) is 5.26. The van der Waals surface area contributed by atoms with E-state index < -0.39 is 19.6 Å². The smallest absolute Gasteiger partial charge is 0.361 e. The second-order valence-corrected chi connectivity index (χ2v) is 15.0. The van der Waals surface area contributed by atoms with Crippen LogP contribution in [0.3, 0.4) is 0 Å². The van der Waals surface area contributed by atoms with Crippen molar-refractivity contribution in [3.63, 3.8) is 0 Å². The number of rotatable bonds is 4. The van der Waals surface area contributed by atoms with E-state index in [1.807, 2.05) is 27.0 Å². The fourth-order valence-electron chi connectivity index (χ4n) is 3.20. The maximum atomic E-state index is 12.2. The van der Waals surface area contributed by atoms with Crippen molar-refractivity contribution in [2.75, 3.05) is 0 Å². The van der Waals surface area contributed by atoms with Crippen LogP contribution in [0, 0.1) is 11.5 Å². The van der Waals surface area contributed by atoms with Crippen molar-refractivity contribution in [2.24, 2.45) is 0 Å². The molecule has 8 heteroatoms. The molecule has 0 atom stereocenters. The fraction of sp³-hybridized carbons (Fsp3) is 0.478. The van der Waals surface area contributed by atoms with Crippen LogP contribution in [0.4, 0.5) is 0 Å². The van der Waals surface area contributed by atoms with Gasteiger partial charge in [-0.2, -0.15) is 0 Å². The predicted octanol–water partition coefficient (Wildman–Crippen LogP) is 4.04. The first-order chi connectivity index (χ1) is 14.5. The number of fused-ring (bicyclic) bond motifs is 1. The van der Waals surface area contributed by atoms with Gasteiger partial charge in [-0.3, -0.25) is 0 Å². The summed E-state index contributed by atoms with van der Waals surface area (Å²) in [5.41, 5.74) is 7.08. The van der Waals surface area contributed by atoms with Gasteiger partial charge in [0.25, 0.3) is 0 Å². The van der Waals surface area contributed by atoms with Gasteiger partial charge in [0.2, 0.25) is 0 Å². The summed E-state index contributed by atoms with van der Waals surface area (Å²) in [5.74, 6) is 3.55. The molecule has 0 aliphatic heterocycles. The summed E-state index contributed by atoms with van der Waals surface area (Å²) in [5, 5.41) is 8.03. The normalized spacial score (nSPS) is 14.4. The molecule has 4 rings (SSSR count). The lowest BCUT2D eigenvalue weighted by atomic mass is 10.1. The number of hydrogen-bond donors (Lipinski definition) is 0. The molecule has 31 heavy (non-hydrogen) atoms. The summed E-state index contributed by atoms with van der Waals surface area (Å²) in [6.07, 6.45) is 8.24. The van der Waals surface area contributed by atoms with Crippen molar-refractivity contribution in [3.8, 4) is 11.5 Å². The van der Waals surface area contributed by atoms with Gasteiger partial charge in [0.05, 0.1) is 24.0 Å². The van der Waals surface area contributed by atoms with E-state index in [1.165, 1.54) is 18.4 Å². The van der Waals surface area contributed by atoms with Crippen LogP contribution in [0.25, 0.3) is 5.65 Å². The highest BCUT2D eigenvalue weighted by Gasteiger charge is 2.25. The second-order valence-electron chi connectivity index (χ2n) is 10.2. The van der Waals surface area contributed by atoms with E-state index in [2.05, 4.69) is 58.1 Å². The van der Waals surface area contributed by atoms with Crippen LogP contribution < -0.4 is 0 Å². The number of pyridine rings is 1. The van der Waals surface area contributed by atoms with Crippen molar-refractivity contribution in [1.82, 2.24) is 24.4 Å². The highest BCUT2D eigenvalue weighted by molar-refractivity contribution is 6.83. The number of carbonyl (C=O) groups excluding carboxylic acids is 1. The molecule has 1 aliphatic carbocycles. The van der Waals surface area contributed by atoms with Gasteiger partial charge in [0, 0.05) is 12.4 Å². The van der Waals surface area contributed by atoms with E-state index in [4.69, 9.17) is 9.72 Å². The number of hydrogen-bond acceptors (Lipinski definition) is 5. The molecule has 0 aromatic carbocycles. The Morgan fingerprint density at radius 3 is 2.61 bits per heavy atom. The minimum Gasteiger partial charge on any atom is -0.455 e. The fourth-order valence-corrected chi connectivity index (χ4v) is 3.71. The van der Waals surface area contributed by atoms with Crippen LogP contribution in [0.15, 0.2) is 24.7 Å². The molecule has 0 radical (unpaired) electrons. The highest BCUT2D eigenvalue weighted by Crippen LogP contribution is 2.40. The summed E-state index contributed by atoms with van der Waals surface area (Å²) >= 11 is 0. The van der Waals surface area contributed by atoms with Crippen molar-refractivity contribution < 1.29 is 9.53 Å². The zero-order valence-electron chi connectivity index (χ0n) is 19.1. The minimum absolute atomic E-state index is 0.191. The van der Waals surface area contributed by atoms with Gasteiger partial charge in [-0.15, -0.1) is 10.6 Å². The maximum absolute atomic E-state index is 12.2. The summed E-state index contributed by atoms with van der Waals surface area (Å²) in [6.45, 7) is 12.6. The number of imidazole rings is 1. The lowest BCUT2D eigenvalue weighted by Gasteiger charge is -2.18. The summed E-state index contributed by atoms with van der Waals surface area (Å²) in [6, 6.07) is 2.20. The molecule has 0 bridgehead atoms. The summed E-state index contributed by atoms with van der Waals surface area (Å²) in [4.78, 5) is 17.0. The molecule has 3 heterocycles. The maximum Gasteiger partial charge on any atom is 0.361 e. The van der Waals surface area contributed by atoms with E-state index >= 15 is 0 Å². The number of nitrogens with zero attached hydrogens (tertiary/aromatic N) is 5. The van der Waals surface area contributed by atoms with Gasteiger partial charge < -0.3 is 9.14 Å². The third kappa shape index (κ3) is 5.41. The molecule has 7 nitrogen and oxygen atoms in total. The first-order valence-corrected chi connectivity index (χ1v) is 14.1. The average Bonchev–Trinajstić information content (AvgIpc) is 3.25. The van der Waals surface area contributed by atoms with Gasteiger partial charge in [0.15, 0.2) is 11.3 Å². The van der Waals surface area contributed by atoms with Crippen LogP contribution in [0.5, 0.6) is 0 Å². The third-order valence-corrected chi connectivity index (χ3v) is 5.59. The molecule has 0 unspecified atom stereocenters. The van der Waals surface area contributed by atoms with Crippen LogP contribution in [-0.2, 0) is 11.3 Å². The van der Waals surface area contributed by atoms with Crippen molar-refractivity contribution >= 4 is 19.7 Å². The largest absolute Gasteiger partial charge is 0.455 e. The van der Waals surface area contributed by atoms with Crippen LogP contribution >= 0.6 is 0 Å². The monoisotopic (exact) mass is 435 g/mol. The Bertz CT molecular complexity index is 1200. The Balaban J connectivity index is 1.62. The molecule has 3 aromatic heterocycles. The van der Waals surface area contributed by atoms with Gasteiger partial charge in [-0.05, 0) is 51.2 Å². The van der Waals surface area contributed by atoms with Gasteiger partial charge in [-0.1, -0.05) is 30.8 Å². The van der Waals surface area contributed by atoms with Crippen LogP contribution in [0.1, 0.15) is 66.8 Å². The van der Waals surface area contributed by atoms with Gasteiger partial charge in [-0.25, -0.2) is 14.5 Å². The molecule has 1 saturated carbocycles. The zero-order chi connectivity index (χ0) is 22.4. The molecule has 1 aliphatic rings. The van der Waals surface area contributed by atoms with E-state index in [0.29, 0.717) is 12.5 Å². The van der Waals surface area contributed by atoms with E-state index in [-0.39, 0.29) is 5.69 Å². The topological polar surface area (TPSA) is 74.3 Å². The average molecular weight is 436 g/mol. The third-order valence-electron chi connectivity index (χ3n) is 4.71. The summed E-state index contributed by atoms with van der Waals surface area (Å²) < 4.78 is 9.04. The predicted molar refractivity (Wildman–Crippen MR) is 122 cm³/mol. The van der Waals surface area contributed by atoms with E-state index in [9.17, 15) is 4.79 Å². The molecule has 3 aromatic rings. The minimum atomic E-state index is -1.50. The molecule has 0 spiro atoms. The highest BCUT2D eigenvalue weighted by atomic mass is 28.3. The Labute approximate surface area is 183 Å².